The van der Waals surface area contributed by atoms with Gasteiger partial charge < -0.3 is 14.8 Å². The molecule has 5 heteroatoms. The van der Waals surface area contributed by atoms with Gasteiger partial charge in [-0.2, -0.15) is 23.5 Å². The Morgan fingerprint density at radius 1 is 1.15 bits per heavy atom. The summed E-state index contributed by atoms with van der Waals surface area (Å²) in [4.78, 5) is 0. The van der Waals surface area contributed by atoms with E-state index in [-0.39, 0.29) is 0 Å². The SMILES string of the molecule is C(CN[C@@H]1CC[C@@H]2SCCS[C@@H]21)COC[C@H]1CCOC1. The molecule has 1 saturated carbocycles. The Bertz CT molecular complexity index is 287. The summed E-state index contributed by atoms with van der Waals surface area (Å²) < 4.78 is 11.1. The van der Waals surface area contributed by atoms with Crippen molar-refractivity contribution in [1.82, 2.24) is 5.32 Å². The number of hydrogen-bond acceptors (Lipinski definition) is 5. The highest BCUT2D eigenvalue weighted by atomic mass is 32.2. The third-order valence-corrected chi connectivity index (χ3v) is 7.81. The van der Waals surface area contributed by atoms with E-state index in [1.54, 1.807) is 0 Å². The fourth-order valence-corrected chi connectivity index (χ4v) is 6.68. The minimum absolute atomic E-state index is 0.647. The van der Waals surface area contributed by atoms with E-state index in [0.717, 1.165) is 55.9 Å². The van der Waals surface area contributed by atoms with E-state index in [9.17, 15) is 0 Å². The van der Waals surface area contributed by atoms with Gasteiger partial charge in [-0.3, -0.25) is 0 Å². The maximum absolute atomic E-state index is 5.76. The fourth-order valence-electron chi connectivity index (χ4n) is 3.36. The second-order valence-electron chi connectivity index (χ2n) is 6.04. The number of rotatable bonds is 7. The van der Waals surface area contributed by atoms with Crippen molar-refractivity contribution in [3.05, 3.63) is 0 Å². The topological polar surface area (TPSA) is 30.5 Å². The van der Waals surface area contributed by atoms with Gasteiger partial charge in [0.05, 0.1) is 13.2 Å². The minimum atomic E-state index is 0.647. The van der Waals surface area contributed by atoms with Gasteiger partial charge in [0, 0.05) is 47.2 Å². The molecule has 0 aromatic carbocycles. The van der Waals surface area contributed by atoms with Crippen LogP contribution in [0.25, 0.3) is 0 Å². The second-order valence-corrected chi connectivity index (χ2v) is 8.67. The predicted octanol–water partition coefficient (Wildman–Crippen LogP) is 2.40. The molecule has 2 heterocycles. The molecule has 1 N–H and O–H groups in total. The maximum Gasteiger partial charge on any atom is 0.0517 e. The Labute approximate surface area is 131 Å². The number of fused-ring (bicyclic) bond motifs is 1. The summed E-state index contributed by atoms with van der Waals surface area (Å²) in [5.74, 6) is 3.35. The van der Waals surface area contributed by atoms with E-state index in [2.05, 4.69) is 28.8 Å². The number of hydrogen-bond donors (Lipinski definition) is 1. The molecule has 0 spiro atoms. The van der Waals surface area contributed by atoms with Crippen molar-refractivity contribution in [2.45, 2.75) is 42.2 Å². The first-order valence-electron chi connectivity index (χ1n) is 8.05. The predicted molar refractivity (Wildman–Crippen MR) is 87.9 cm³/mol. The third-order valence-electron chi connectivity index (χ3n) is 4.50. The van der Waals surface area contributed by atoms with Crippen LogP contribution in [0, 0.1) is 5.92 Å². The molecule has 2 aliphatic heterocycles. The Morgan fingerprint density at radius 3 is 3.00 bits per heavy atom. The molecule has 0 unspecified atom stereocenters. The lowest BCUT2D eigenvalue weighted by molar-refractivity contribution is 0.0880. The molecule has 116 valence electrons. The highest BCUT2D eigenvalue weighted by Crippen LogP contribution is 2.41. The lowest BCUT2D eigenvalue weighted by atomic mass is 10.1. The summed E-state index contributed by atoms with van der Waals surface area (Å²) >= 11 is 4.40. The Balaban J connectivity index is 1.23. The molecule has 3 rings (SSSR count). The molecule has 2 saturated heterocycles. The van der Waals surface area contributed by atoms with Crippen LogP contribution < -0.4 is 5.32 Å². The molecule has 4 atom stereocenters. The van der Waals surface area contributed by atoms with Gasteiger partial charge >= 0.3 is 0 Å². The first-order chi connectivity index (χ1) is 9.93. The van der Waals surface area contributed by atoms with Gasteiger partial charge in [0.25, 0.3) is 0 Å². The van der Waals surface area contributed by atoms with Crippen molar-refractivity contribution in [1.29, 1.82) is 0 Å². The lowest BCUT2D eigenvalue weighted by Gasteiger charge is -2.28. The summed E-state index contributed by atoms with van der Waals surface area (Å²) in [6, 6.07) is 0.751. The standard InChI is InChI=1S/C15H27NO2S2/c1(6-17-10-12-4-7-18-11-12)5-16-13-2-3-14-15(13)20-9-8-19-14/h12-16H,1-11H2/t12-,13-,14+,15-/m1/s1. The molecular formula is C15H27NO2S2. The van der Waals surface area contributed by atoms with Crippen molar-refractivity contribution >= 4 is 23.5 Å². The van der Waals surface area contributed by atoms with Crippen LogP contribution in [0.5, 0.6) is 0 Å². The smallest absolute Gasteiger partial charge is 0.0517 e. The summed E-state index contributed by atoms with van der Waals surface area (Å²) in [5, 5.41) is 5.56. The van der Waals surface area contributed by atoms with E-state index in [0.29, 0.717) is 5.92 Å². The lowest BCUT2D eigenvalue weighted by Crippen LogP contribution is -2.39. The molecule has 0 amide bonds. The Kier molecular flexibility index (Phi) is 6.40. The molecule has 3 nitrogen and oxygen atoms in total. The van der Waals surface area contributed by atoms with Crippen LogP contribution in [0.2, 0.25) is 0 Å². The van der Waals surface area contributed by atoms with Crippen LogP contribution in [-0.2, 0) is 9.47 Å². The zero-order chi connectivity index (χ0) is 13.6. The van der Waals surface area contributed by atoms with Crippen molar-refractivity contribution in [3.8, 4) is 0 Å². The van der Waals surface area contributed by atoms with E-state index in [1.807, 2.05) is 0 Å². The van der Waals surface area contributed by atoms with Gasteiger partial charge in [-0.05, 0) is 32.2 Å². The quantitative estimate of drug-likeness (QED) is 0.729. The number of ether oxygens (including phenoxy) is 2. The average molecular weight is 318 g/mol. The Morgan fingerprint density at radius 2 is 2.10 bits per heavy atom. The summed E-state index contributed by atoms with van der Waals surface area (Å²) in [5.41, 5.74) is 0. The van der Waals surface area contributed by atoms with Gasteiger partial charge in [0.15, 0.2) is 0 Å². The van der Waals surface area contributed by atoms with Crippen LogP contribution in [0.4, 0.5) is 0 Å². The fraction of sp³-hybridized carbons (Fsp3) is 1.00. The first kappa shape index (κ1) is 15.5. The highest BCUT2D eigenvalue weighted by Gasteiger charge is 2.38. The molecule has 1 aliphatic carbocycles. The average Bonchev–Trinajstić information content (AvgIpc) is 3.12. The monoisotopic (exact) mass is 317 g/mol. The third kappa shape index (κ3) is 4.29. The van der Waals surface area contributed by atoms with Crippen LogP contribution in [0.15, 0.2) is 0 Å². The van der Waals surface area contributed by atoms with Gasteiger partial charge in [-0.1, -0.05) is 0 Å². The summed E-state index contributed by atoms with van der Waals surface area (Å²) in [6.45, 7) is 4.72. The molecule has 0 radical (unpaired) electrons. The van der Waals surface area contributed by atoms with Gasteiger partial charge in [-0.15, -0.1) is 0 Å². The van der Waals surface area contributed by atoms with Crippen LogP contribution >= 0.6 is 23.5 Å². The molecule has 0 aromatic heterocycles. The molecule has 3 fully saturated rings. The van der Waals surface area contributed by atoms with Crippen LogP contribution in [0.3, 0.4) is 0 Å². The van der Waals surface area contributed by atoms with Gasteiger partial charge in [-0.25, -0.2) is 0 Å². The molecule has 0 bridgehead atoms. The van der Waals surface area contributed by atoms with Gasteiger partial charge in [0.1, 0.15) is 0 Å². The van der Waals surface area contributed by atoms with E-state index in [4.69, 9.17) is 9.47 Å². The van der Waals surface area contributed by atoms with E-state index in [1.165, 1.54) is 30.8 Å². The first-order valence-corrected chi connectivity index (χ1v) is 10.2. The number of thioether (sulfide) groups is 2. The zero-order valence-corrected chi connectivity index (χ0v) is 13.9. The minimum Gasteiger partial charge on any atom is -0.381 e. The van der Waals surface area contributed by atoms with Crippen molar-refractivity contribution in [3.63, 3.8) is 0 Å². The Hall–Kier alpha value is 0.580. The summed E-state index contributed by atoms with van der Waals surface area (Å²) in [7, 11) is 0. The largest absolute Gasteiger partial charge is 0.381 e. The van der Waals surface area contributed by atoms with E-state index >= 15 is 0 Å². The van der Waals surface area contributed by atoms with Crippen LogP contribution in [0.1, 0.15) is 25.7 Å². The van der Waals surface area contributed by atoms with E-state index < -0.39 is 0 Å². The molecular weight excluding hydrogens is 290 g/mol. The highest BCUT2D eigenvalue weighted by molar-refractivity contribution is 8.07. The zero-order valence-electron chi connectivity index (χ0n) is 12.2. The second kappa shape index (κ2) is 8.28. The van der Waals surface area contributed by atoms with Crippen molar-refractivity contribution < 1.29 is 9.47 Å². The van der Waals surface area contributed by atoms with Crippen molar-refractivity contribution in [2.75, 3.05) is 44.5 Å². The maximum atomic E-state index is 5.76. The van der Waals surface area contributed by atoms with Gasteiger partial charge in [0.2, 0.25) is 0 Å². The summed E-state index contributed by atoms with van der Waals surface area (Å²) in [6.07, 6.45) is 5.10. The molecule has 3 aliphatic rings. The van der Waals surface area contributed by atoms with Crippen molar-refractivity contribution in [2.24, 2.45) is 5.92 Å². The molecule has 20 heavy (non-hydrogen) atoms. The normalized spacial score (nSPS) is 37.2. The molecule has 0 aromatic rings. The number of nitrogens with one attached hydrogen (secondary N) is 1. The van der Waals surface area contributed by atoms with Crippen LogP contribution in [-0.4, -0.2) is 61.0 Å².